The Kier molecular flexibility index (Phi) is 7.16. The Balaban J connectivity index is 0.00000180. The molecular formula is C15H29ClN2O. The van der Waals surface area contributed by atoms with E-state index in [9.17, 15) is 4.79 Å². The van der Waals surface area contributed by atoms with E-state index in [1.807, 2.05) is 7.05 Å². The maximum absolute atomic E-state index is 12.3. The summed E-state index contributed by atoms with van der Waals surface area (Å²) in [6, 6.07) is 0.503. The van der Waals surface area contributed by atoms with E-state index in [0.717, 1.165) is 25.4 Å². The summed E-state index contributed by atoms with van der Waals surface area (Å²) < 4.78 is 0. The molecule has 4 heteroatoms. The quantitative estimate of drug-likeness (QED) is 0.866. The van der Waals surface area contributed by atoms with E-state index in [-0.39, 0.29) is 12.4 Å². The van der Waals surface area contributed by atoms with Crippen molar-refractivity contribution in [2.45, 2.75) is 57.9 Å². The molecule has 2 fully saturated rings. The lowest BCUT2D eigenvalue weighted by atomic mass is 9.86. The first-order valence-corrected chi connectivity index (χ1v) is 7.63. The van der Waals surface area contributed by atoms with Crippen LogP contribution in [0.5, 0.6) is 0 Å². The molecule has 2 rings (SSSR count). The van der Waals surface area contributed by atoms with E-state index in [1.165, 1.54) is 38.5 Å². The number of hydrogen-bond donors (Lipinski definition) is 1. The van der Waals surface area contributed by atoms with Gasteiger partial charge >= 0.3 is 0 Å². The van der Waals surface area contributed by atoms with Crippen LogP contribution in [0.25, 0.3) is 0 Å². The highest BCUT2D eigenvalue weighted by molar-refractivity contribution is 5.85. The number of hydrogen-bond acceptors (Lipinski definition) is 2. The highest BCUT2D eigenvalue weighted by Crippen LogP contribution is 2.27. The lowest BCUT2D eigenvalue weighted by Crippen LogP contribution is -2.41. The molecule has 1 heterocycles. The van der Waals surface area contributed by atoms with Gasteiger partial charge in [-0.3, -0.25) is 4.79 Å². The van der Waals surface area contributed by atoms with Crippen LogP contribution in [0.1, 0.15) is 51.9 Å². The normalized spacial score (nSPS) is 28.5. The molecule has 1 aliphatic carbocycles. The van der Waals surface area contributed by atoms with E-state index >= 15 is 0 Å². The van der Waals surface area contributed by atoms with Gasteiger partial charge in [0.05, 0.1) is 0 Å². The highest BCUT2D eigenvalue weighted by Gasteiger charge is 2.27. The van der Waals surface area contributed by atoms with Crippen molar-refractivity contribution < 1.29 is 4.79 Å². The Hall–Kier alpha value is -0.280. The lowest BCUT2D eigenvalue weighted by Gasteiger charge is -2.35. The van der Waals surface area contributed by atoms with Crippen molar-refractivity contribution in [2.24, 2.45) is 11.8 Å². The minimum absolute atomic E-state index is 0. The van der Waals surface area contributed by atoms with Crippen LogP contribution in [-0.4, -0.2) is 37.0 Å². The van der Waals surface area contributed by atoms with Gasteiger partial charge in [0.15, 0.2) is 0 Å². The van der Waals surface area contributed by atoms with Crippen molar-refractivity contribution in [3.63, 3.8) is 0 Å². The molecule has 1 aliphatic heterocycles. The zero-order valence-corrected chi connectivity index (χ0v) is 13.2. The number of piperidine rings is 1. The Morgan fingerprint density at radius 2 is 1.89 bits per heavy atom. The number of carbonyl (C=O) groups excluding carboxylic acids is 1. The lowest BCUT2D eigenvalue weighted by molar-refractivity contribution is -0.134. The van der Waals surface area contributed by atoms with Crippen molar-refractivity contribution in [3.8, 4) is 0 Å². The molecule has 112 valence electrons. The molecule has 0 aromatic carbocycles. The van der Waals surface area contributed by atoms with Crippen LogP contribution in [-0.2, 0) is 4.79 Å². The van der Waals surface area contributed by atoms with Gasteiger partial charge in [0.2, 0.25) is 5.91 Å². The fourth-order valence-electron chi connectivity index (χ4n) is 3.43. The van der Waals surface area contributed by atoms with E-state index < -0.39 is 0 Å². The van der Waals surface area contributed by atoms with Crippen LogP contribution in [0.15, 0.2) is 0 Å². The number of amides is 1. The molecule has 0 aromatic rings. The molecule has 2 atom stereocenters. The molecule has 1 saturated carbocycles. The zero-order valence-electron chi connectivity index (χ0n) is 12.4. The van der Waals surface area contributed by atoms with Gasteiger partial charge in [-0.2, -0.15) is 0 Å². The number of rotatable bonds is 3. The molecule has 1 saturated heterocycles. The van der Waals surface area contributed by atoms with Crippen LogP contribution in [0, 0.1) is 11.8 Å². The Morgan fingerprint density at radius 3 is 2.53 bits per heavy atom. The van der Waals surface area contributed by atoms with Crippen molar-refractivity contribution >= 4 is 18.3 Å². The van der Waals surface area contributed by atoms with Gasteiger partial charge in [0.1, 0.15) is 0 Å². The van der Waals surface area contributed by atoms with Crippen LogP contribution in [0.4, 0.5) is 0 Å². The molecular weight excluding hydrogens is 260 g/mol. The molecule has 2 aliphatic rings. The van der Waals surface area contributed by atoms with Gasteiger partial charge < -0.3 is 10.2 Å². The average Bonchev–Trinajstić information content (AvgIpc) is 2.39. The summed E-state index contributed by atoms with van der Waals surface area (Å²) in [5.74, 6) is 1.78. The number of nitrogens with one attached hydrogen (secondary N) is 1. The summed E-state index contributed by atoms with van der Waals surface area (Å²) in [6.45, 7) is 4.49. The third-order valence-corrected chi connectivity index (χ3v) is 4.77. The molecule has 3 nitrogen and oxygen atoms in total. The molecule has 0 bridgehead atoms. The van der Waals surface area contributed by atoms with Crippen LogP contribution < -0.4 is 5.32 Å². The summed E-state index contributed by atoms with van der Waals surface area (Å²) in [6.07, 6.45) is 8.14. The Labute approximate surface area is 123 Å². The molecule has 0 spiro atoms. The molecule has 0 radical (unpaired) electrons. The van der Waals surface area contributed by atoms with E-state index in [1.54, 1.807) is 0 Å². The number of halogens is 1. The molecule has 19 heavy (non-hydrogen) atoms. The summed E-state index contributed by atoms with van der Waals surface area (Å²) in [5.41, 5.74) is 0. The smallest absolute Gasteiger partial charge is 0.222 e. The SMILES string of the molecule is CC1CCCC(N(C)C(=O)CC2CCNCC2)C1.Cl. The topological polar surface area (TPSA) is 32.3 Å². The summed E-state index contributed by atoms with van der Waals surface area (Å²) in [7, 11) is 2.02. The first-order chi connectivity index (χ1) is 8.66. The maximum Gasteiger partial charge on any atom is 0.222 e. The third-order valence-electron chi connectivity index (χ3n) is 4.77. The standard InChI is InChI=1S/C15H28N2O.ClH/c1-12-4-3-5-14(10-12)17(2)15(18)11-13-6-8-16-9-7-13;/h12-14,16H,3-11H2,1-2H3;1H. The summed E-state index contributed by atoms with van der Waals surface area (Å²) in [5, 5.41) is 3.36. The second-order valence-electron chi connectivity index (χ2n) is 6.33. The minimum atomic E-state index is 0. The summed E-state index contributed by atoms with van der Waals surface area (Å²) >= 11 is 0. The molecule has 1 N–H and O–H groups in total. The van der Waals surface area contributed by atoms with Crippen molar-refractivity contribution in [2.75, 3.05) is 20.1 Å². The largest absolute Gasteiger partial charge is 0.343 e. The predicted octanol–water partition coefficient (Wildman–Crippen LogP) is 2.84. The predicted molar refractivity (Wildman–Crippen MR) is 81.6 cm³/mol. The first-order valence-electron chi connectivity index (χ1n) is 7.63. The fourth-order valence-corrected chi connectivity index (χ4v) is 3.43. The monoisotopic (exact) mass is 288 g/mol. The Morgan fingerprint density at radius 1 is 1.21 bits per heavy atom. The van der Waals surface area contributed by atoms with Crippen molar-refractivity contribution in [1.29, 1.82) is 0 Å². The number of nitrogens with zero attached hydrogens (tertiary/aromatic N) is 1. The van der Waals surface area contributed by atoms with Gasteiger partial charge in [0.25, 0.3) is 0 Å². The van der Waals surface area contributed by atoms with Crippen LogP contribution >= 0.6 is 12.4 Å². The van der Waals surface area contributed by atoms with Crippen LogP contribution in [0.2, 0.25) is 0 Å². The Bertz CT molecular complexity index is 279. The first kappa shape index (κ1) is 16.8. The van der Waals surface area contributed by atoms with Crippen molar-refractivity contribution in [3.05, 3.63) is 0 Å². The molecule has 0 aromatic heterocycles. The van der Waals surface area contributed by atoms with Gasteiger partial charge in [-0.1, -0.05) is 19.8 Å². The van der Waals surface area contributed by atoms with Gasteiger partial charge in [0, 0.05) is 19.5 Å². The van der Waals surface area contributed by atoms with E-state index in [4.69, 9.17) is 0 Å². The molecule has 1 amide bonds. The second-order valence-corrected chi connectivity index (χ2v) is 6.33. The van der Waals surface area contributed by atoms with Gasteiger partial charge in [-0.05, 0) is 50.6 Å². The average molecular weight is 289 g/mol. The van der Waals surface area contributed by atoms with E-state index in [0.29, 0.717) is 17.9 Å². The number of carbonyl (C=O) groups is 1. The highest BCUT2D eigenvalue weighted by atomic mass is 35.5. The van der Waals surface area contributed by atoms with Crippen molar-refractivity contribution in [1.82, 2.24) is 10.2 Å². The second kappa shape index (κ2) is 8.11. The summed E-state index contributed by atoms with van der Waals surface area (Å²) in [4.78, 5) is 14.4. The van der Waals surface area contributed by atoms with Gasteiger partial charge in [-0.15, -0.1) is 12.4 Å². The zero-order chi connectivity index (χ0) is 13.0. The minimum Gasteiger partial charge on any atom is -0.343 e. The third kappa shape index (κ3) is 4.96. The molecule has 2 unspecified atom stereocenters. The van der Waals surface area contributed by atoms with Gasteiger partial charge in [-0.25, -0.2) is 0 Å². The van der Waals surface area contributed by atoms with Crippen LogP contribution in [0.3, 0.4) is 0 Å². The van der Waals surface area contributed by atoms with E-state index in [2.05, 4.69) is 17.1 Å². The maximum atomic E-state index is 12.3. The fraction of sp³-hybridized carbons (Fsp3) is 0.933.